The molecule has 1 aliphatic rings. The van der Waals surface area contributed by atoms with Crippen LogP contribution in [0.5, 0.6) is 0 Å². The first-order chi connectivity index (χ1) is 7.71. The van der Waals surface area contributed by atoms with E-state index in [2.05, 4.69) is 25.8 Å². The van der Waals surface area contributed by atoms with E-state index in [0.29, 0.717) is 13.0 Å². The zero-order valence-corrected chi connectivity index (χ0v) is 9.42. The van der Waals surface area contributed by atoms with Crippen LogP contribution in [-0.4, -0.2) is 39.7 Å². The molecule has 2 rings (SSSR count). The maximum Gasteiger partial charge on any atom is 0.240 e. The maximum absolute atomic E-state index is 11.9. The van der Waals surface area contributed by atoms with Gasteiger partial charge in [0.1, 0.15) is 12.2 Å². The van der Waals surface area contributed by atoms with Crippen LogP contribution in [-0.2, 0) is 11.2 Å². The summed E-state index contributed by atoms with van der Waals surface area (Å²) in [5.74, 6) is 0.870. The summed E-state index contributed by atoms with van der Waals surface area (Å²) >= 11 is 0. The van der Waals surface area contributed by atoms with E-state index in [-0.39, 0.29) is 11.4 Å². The number of nitrogens with one attached hydrogen (secondary N) is 3. The normalized spacial score (nSPS) is 24.6. The van der Waals surface area contributed by atoms with Crippen molar-refractivity contribution >= 4 is 5.91 Å². The Morgan fingerprint density at radius 3 is 3.19 bits per heavy atom. The fourth-order valence-corrected chi connectivity index (χ4v) is 1.93. The molecule has 2 heterocycles. The topological polar surface area (TPSA) is 82.7 Å². The Balaban J connectivity index is 1.75. The van der Waals surface area contributed by atoms with Gasteiger partial charge in [0.25, 0.3) is 0 Å². The number of amides is 1. The number of aromatic amines is 1. The fraction of sp³-hybridized carbons (Fsp3) is 0.700. The summed E-state index contributed by atoms with van der Waals surface area (Å²) in [7, 11) is 0. The lowest BCUT2D eigenvalue weighted by molar-refractivity contribution is -0.126. The highest BCUT2D eigenvalue weighted by Gasteiger charge is 2.35. The van der Waals surface area contributed by atoms with Crippen LogP contribution >= 0.6 is 0 Å². The molecular formula is C10H17N5O. The van der Waals surface area contributed by atoms with E-state index in [1.165, 1.54) is 6.33 Å². The second-order valence-electron chi connectivity index (χ2n) is 4.30. The van der Waals surface area contributed by atoms with Crippen molar-refractivity contribution in [2.24, 2.45) is 0 Å². The van der Waals surface area contributed by atoms with Gasteiger partial charge in [0.15, 0.2) is 0 Å². The van der Waals surface area contributed by atoms with Crippen molar-refractivity contribution in [2.45, 2.75) is 31.7 Å². The molecule has 0 aromatic carbocycles. The number of rotatable bonds is 4. The third kappa shape index (κ3) is 2.38. The fourth-order valence-electron chi connectivity index (χ4n) is 1.93. The van der Waals surface area contributed by atoms with Crippen molar-refractivity contribution < 1.29 is 4.79 Å². The van der Waals surface area contributed by atoms with Crippen LogP contribution in [0.2, 0.25) is 0 Å². The molecule has 3 N–H and O–H groups in total. The van der Waals surface area contributed by atoms with Crippen molar-refractivity contribution in [2.75, 3.05) is 13.1 Å². The Hall–Kier alpha value is -1.43. The zero-order chi connectivity index (χ0) is 11.4. The molecule has 1 atom stereocenters. The number of hydrogen-bond donors (Lipinski definition) is 3. The number of nitrogens with zero attached hydrogens (tertiary/aromatic N) is 2. The smallest absolute Gasteiger partial charge is 0.240 e. The van der Waals surface area contributed by atoms with E-state index in [1.807, 2.05) is 6.92 Å². The van der Waals surface area contributed by atoms with Gasteiger partial charge in [-0.3, -0.25) is 9.89 Å². The number of carbonyl (C=O) groups is 1. The summed E-state index contributed by atoms with van der Waals surface area (Å²) in [6, 6.07) is 0. The predicted octanol–water partition coefficient (Wildman–Crippen LogP) is -0.395. The summed E-state index contributed by atoms with van der Waals surface area (Å²) in [6.45, 7) is 3.46. The van der Waals surface area contributed by atoms with Gasteiger partial charge < -0.3 is 10.6 Å². The van der Waals surface area contributed by atoms with Gasteiger partial charge in [-0.05, 0) is 26.3 Å². The lowest BCUT2D eigenvalue weighted by atomic mass is 9.99. The third-order valence-corrected chi connectivity index (χ3v) is 2.98. The van der Waals surface area contributed by atoms with Gasteiger partial charge in [-0.1, -0.05) is 0 Å². The maximum atomic E-state index is 11.9. The van der Waals surface area contributed by atoms with Crippen LogP contribution in [0.4, 0.5) is 0 Å². The monoisotopic (exact) mass is 223 g/mol. The number of H-pyrrole nitrogens is 1. The Labute approximate surface area is 94.2 Å². The number of carbonyl (C=O) groups excluding carboxylic acids is 1. The summed E-state index contributed by atoms with van der Waals surface area (Å²) in [5, 5.41) is 12.7. The minimum atomic E-state index is -0.387. The molecule has 1 saturated heterocycles. The minimum absolute atomic E-state index is 0.0736. The molecule has 6 nitrogen and oxygen atoms in total. The molecule has 1 aliphatic heterocycles. The van der Waals surface area contributed by atoms with E-state index in [4.69, 9.17) is 0 Å². The first-order valence-corrected chi connectivity index (χ1v) is 5.58. The van der Waals surface area contributed by atoms with Crippen LogP contribution in [0.3, 0.4) is 0 Å². The molecule has 0 radical (unpaired) electrons. The van der Waals surface area contributed by atoms with Crippen molar-refractivity contribution in [3.05, 3.63) is 12.2 Å². The van der Waals surface area contributed by atoms with Gasteiger partial charge in [0.05, 0.1) is 5.54 Å². The van der Waals surface area contributed by atoms with Gasteiger partial charge in [0, 0.05) is 13.0 Å². The van der Waals surface area contributed by atoms with Gasteiger partial charge in [-0.15, -0.1) is 0 Å². The highest BCUT2D eigenvalue weighted by atomic mass is 16.2. The highest BCUT2D eigenvalue weighted by molar-refractivity contribution is 5.86. The lowest BCUT2D eigenvalue weighted by Crippen LogP contribution is -2.51. The van der Waals surface area contributed by atoms with Crippen LogP contribution in [0.15, 0.2) is 6.33 Å². The molecule has 0 aliphatic carbocycles. The van der Waals surface area contributed by atoms with Crippen molar-refractivity contribution in [3.8, 4) is 0 Å². The second kappa shape index (κ2) is 4.61. The molecule has 0 spiro atoms. The van der Waals surface area contributed by atoms with Gasteiger partial charge >= 0.3 is 0 Å². The largest absolute Gasteiger partial charge is 0.354 e. The quantitative estimate of drug-likeness (QED) is 0.649. The molecule has 16 heavy (non-hydrogen) atoms. The molecule has 1 aromatic rings. The van der Waals surface area contributed by atoms with Crippen LogP contribution in [0, 0.1) is 0 Å². The first-order valence-electron chi connectivity index (χ1n) is 5.58. The third-order valence-electron chi connectivity index (χ3n) is 2.98. The van der Waals surface area contributed by atoms with E-state index in [9.17, 15) is 4.79 Å². The number of aromatic nitrogens is 3. The van der Waals surface area contributed by atoms with Crippen molar-refractivity contribution in [3.63, 3.8) is 0 Å². The molecule has 1 fully saturated rings. The van der Waals surface area contributed by atoms with Crippen LogP contribution in [0.1, 0.15) is 25.6 Å². The SMILES string of the molecule is CC1(C(=O)NCCc2ncn[nH]2)CCCN1. The highest BCUT2D eigenvalue weighted by Crippen LogP contribution is 2.18. The predicted molar refractivity (Wildman–Crippen MR) is 58.7 cm³/mol. The van der Waals surface area contributed by atoms with E-state index in [0.717, 1.165) is 25.2 Å². The standard InChI is InChI=1S/C10H17N5O/c1-10(4-2-5-13-10)9(16)11-6-3-8-12-7-14-15-8/h7,13H,2-6H2,1H3,(H,11,16)(H,12,14,15). The summed E-state index contributed by atoms with van der Waals surface area (Å²) < 4.78 is 0. The molecule has 1 unspecified atom stereocenters. The zero-order valence-electron chi connectivity index (χ0n) is 9.42. The Morgan fingerprint density at radius 2 is 2.56 bits per heavy atom. The Kier molecular flexibility index (Phi) is 3.19. The van der Waals surface area contributed by atoms with Gasteiger partial charge in [-0.2, -0.15) is 5.10 Å². The molecule has 88 valence electrons. The number of hydrogen-bond acceptors (Lipinski definition) is 4. The van der Waals surface area contributed by atoms with E-state index in [1.54, 1.807) is 0 Å². The average Bonchev–Trinajstić information content (AvgIpc) is 2.90. The van der Waals surface area contributed by atoms with Crippen molar-refractivity contribution in [1.29, 1.82) is 0 Å². The summed E-state index contributed by atoms with van der Waals surface area (Å²) in [4.78, 5) is 15.9. The molecule has 6 heteroatoms. The van der Waals surface area contributed by atoms with Crippen molar-refractivity contribution in [1.82, 2.24) is 25.8 Å². The van der Waals surface area contributed by atoms with Gasteiger partial charge in [-0.25, -0.2) is 4.98 Å². The molecule has 0 saturated carbocycles. The lowest BCUT2D eigenvalue weighted by Gasteiger charge is -2.22. The summed E-state index contributed by atoms with van der Waals surface area (Å²) in [6.07, 6.45) is 4.12. The molecule has 1 aromatic heterocycles. The minimum Gasteiger partial charge on any atom is -0.354 e. The van der Waals surface area contributed by atoms with Gasteiger partial charge in [0.2, 0.25) is 5.91 Å². The second-order valence-corrected chi connectivity index (χ2v) is 4.30. The molecule has 0 bridgehead atoms. The summed E-state index contributed by atoms with van der Waals surface area (Å²) in [5.41, 5.74) is -0.387. The average molecular weight is 223 g/mol. The van der Waals surface area contributed by atoms with Crippen LogP contribution in [0.25, 0.3) is 0 Å². The Morgan fingerprint density at radius 1 is 1.69 bits per heavy atom. The Bertz CT molecular complexity index is 342. The molecule has 1 amide bonds. The first kappa shape index (κ1) is 11.1. The van der Waals surface area contributed by atoms with E-state index >= 15 is 0 Å². The van der Waals surface area contributed by atoms with Crippen LogP contribution < -0.4 is 10.6 Å². The molecular weight excluding hydrogens is 206 g/mol. The van der Waals surface area contributed by atoms with E-state index < -0.39 is 0 Å².